The Hall–Kier alpha value is -4.40. The monoisotopic (exact) mass is 518 g/mol. The van der Waals surface area contributed by atoms with E-state index in [0.29, 0.717) is 0 Å². The Morgan fingerprint density at radius 1 is 0.462 bits per heavy atom. The van der Waals surface area contributed by atoms with Gasteiger partial charge >= 0.3 is 0 Å². The van der Waals surface area contributed by atoms with Gasteiger partial charge in [-0.2, -0.15) is 0 Å². The van der Waals surface area contributed by atoms with Gasteiger partial charge in [0, 0.05) is 16.3 Å². The Kier molecular flexibility index (Phi) is 5.54. The Morgan fingerprint density at radius 3 is 1.64 bits per heavy atom. The summed E-state index contributed by atoms with van der Waals surface area (Å²) in [6.07, 6.45) is 0. The lowest BCUT2D eigenvalue weighted by molar-refractivity contribution is 0.670. The summed E-state index contributed by atoms with van der Waals surface area (Å²) in [6.45, 7) is 7.18. The first kappa shape index (κ1) is 23.7. The molecule has 0 aliphatic heterocycles. The van der Waals surface area contributed by atoms with E-state index in [2.05, 4.69) is 135 Å². The molecule has 0 saturated heterocycles. The van der Waals surface area contributed by atoms with Gasteiger partial charge in [0.05, 0.1) is 8.07 Å². The molecule has 7 aromatic rings. The van der Waals surface area contributed by atoms with E-state index in [1.54, 1.807) is 0 Å². The molecule has 0 fully saturated rings. The van der Waals surface area contributed by atoms with Crippen LogP contribution in [0.2, 0.25) is 19.6 Å². The number of fused-ring (bicyclic) bond motifs is 4. The molecule has 0 aliphatic rings. The quantitative estimate of drug-likeness (QED) is 0.211. The third kappa shape index (κ3) is 4.27. The summed E-state index contributed by atoms with van der Waals surface area (Å²) in [6, 6.07) is 46.2. The van der Waals surface area contributed by atoms with Gasteiger partial charge in [0.15, 0.2) is 0 Å². The van der Waals surface area contributed by atoms with E-state index in [4.69, 9.17) is 4.42 Å². The van der Waals surface area contributed by atoms with Crippen LogP contribution >= 0.6 is 0 Å². The molecular weight excluding hydrogens is 488 g/mol. The van der Waals surface area contributed by atoms with Crippen molar-refractivity contribution in [1.82, 2.24) is 0 Å². The summed E-state index contributed by atoms with van der Waals surface area (Å²) in [5.41, 5.74) is 9.14. The Bertz CT molecular complexity index is 1970. The topological polar surface area (TPSA) is 13.1 Å². The number of benzene rings is 6. The van der Waals surface area contributed by atoms with Gasteiger partial charge in [-0.15, -0.1) is 0 Å². The zero-order valence-corrected chi connectivity index (χ0v) is 23.5. The smallest absolute Gasteiger partial charge is 0.143 e. The molecule has 0 aliphatic carbocycles. The van der Waals surface area contributed by atoms with Crippen molar-refractivity contribution >= 4 is 46.0 Å². The summed E-state index contributed by atoms with van der Waals surface area (Å²) >= 11 is 0. The molecule has 1 heterocycles. The van der Waals surface area contributed by atoms with Crippen LogP contribution in [0.4, 0.5) is 0 Å². The summed E-state index contributed by atoms with van der Waals surface area (Å²) in [4.78, 5) is 0. The lowest BCUT2D eigenvalue weighted by Crippen LogP contribution is -2.37. The van der Waals surface area contributed by atoms with E-state index in [1.807, 2.05) is 12.1 Å². The number of hydrogen-bond acceptors (Lipinski definition) is 1. The van der Waals surface area contributed by atoms with Crippen LogP contribution in [0.15, 0.2) is 132 Å². The van der Waals surface area contributed by atoms with E-state index < -0.39 is 8.07 Å². The van der Waals surface area contributed by atoms with Crippen molar-refractivity contribution in [3.8, 4) is 33.4 Å². The second-order valence-corrected chi connectivity index (χ2v) is 16.5. The van der Waals surface area contributed by atoms with Crippen molar-refractivity contribution in [2.45, 2.75) is 19.6 Å². The highest BCUT2D eigenvalue weighted by Crippen LogP contribution is 2.36. The molecule has 0 amide bonds. The molecule has 1 aromatic heterocycles. The summed E-state index contributed by atoms with van der Waals surface area (Å²) < 4.78 is 6.26. The molecule has 0 bridgehead atoms. The van der Waals surface area contributed by atoms with Gasteiger partial charge in [0.25, 0.3) is 0 Å². The van der Waals surface area contributed by atoms with E-state index in [9.17, 15) is 0 Å². The van der Waals surface area contributed by atoms with Crippen LogP contribution in [0.1, 0.15) is 0 Å². The fourth-order valence-electron chi connectivity index (χ4n) is 5.58. The largest absolute Gasteiger partial charge is 0.455 e. The van der Waals surface area contributed by atoms with Crippen LogP contribution < -0.4 is 5.19 Å². The Balaban J connectivity index is 1.19. The summed E-state index contributed by atoms with van der Waals surface area (Å²) in [7, 11) is -1.29. The Labute approximate surface area is 230 Å². The second kappa shape index (κ2) is 9.11. The van der Waals surface area contributed by atoms with Gasteiger partial charge in [-0.05, 0) is 56.8 Å². The van der Waals surface area contributed by atoms with Crippen LogP contribution in [0.3, 0.4) is 0 Å². The highest BCUT2D eigenvalue weighted by atomic mass is 28.3. The van der Waals surface area contributed by atoms with Crippen LogP contribution in [0.25, 0.3) is 66.1 Å². The summed E-state index contributed by atoms with van der Waals surface area (Å²) in [5.74, 6) is 0. The number of para-hydroxylation sites is 2. The number of furan rings is 1. The molecule has 39 heavy (non-hydrogen) atoms. The summed E-state index contributed by atoms with van der Waals surface area (Å²) in [5, 5.41) is 6.34. The molecule has 0 spiro atoms. The second-order valence-electron chi connectivity index (χ2n) is 11.5. The molecule has 0 saturated carbocycles. The molecule has 0 N–H and O–H groups in total. The van der Waals surface area contributed by atoms with Crippen molar-refractivity contribution < 1.29 is 4.42 Å². The standard InChI is InChI=1S/C37H30OSi/c1-39(2,3)32-21-19-26(20-22-32)29-16-18-30-23-28(15-17-31(30)24-29)25-11-13-27(14-12-25)33-8-6-9-35-34-7-4-5-10-36(34)38-37(33)35/h4-24H,1-3H3. The first-order chi connectivity index (χ1) is 18.9. The van der Waals surface area contributed by atoms with E-state index >= 15 is 0 Å². The molecule has 1 nitrogen and oxygen atoms in total. The average Bonchev–Trinajstić information content (AvgIpc) is 3.35. The van der Waals surface area contributed by atoms with Gasteiger partial charge < -0.3 is 4.42 Å². The lowest BCUT2D eigenvalue weighted by Gasteiger charge is -2.17. The normalized spacial score (nSPS) is 12.0. The minimum absolute atomic E-state index is 0.930. The minimum atomic E-state index is -1.29. The first-order valence-electron chi connectivity index (χ1n) is 13.6. The predicted molar refractivity (Wildman–Crippen MR) is 171 cm³/mol. The maximum atomic E-state index is 6.26. The SMILES string of the molecule is C[Si](C)(C)c1ccc(-c2ccc3cc(-c4ccc(-c5cccc6c5oc5ccccc56)cc4)ccc3c2)cc1. The van der Waals surface area contributed by atoms with E-state index in [1.165, 1.54) is 38.2 Å². The fourth-order valence-corrected chi connectivity index (χ4v) is 6.75. The highest BCUT2D eigenvalue weighted by molar-refractivity contribution is 6.88. The molecule has 0 radical (unpaired) electrons. The van der Waals surface area contributed by atoms with Crippen LogP contribution in [-0.2, 0) is 0 Å². The Morgan fingerprint density at radius 2 is 1.00 bits per heavy atom. The molecule has 6 aromatic carbocycles. The van der Waals surface area contributed by atoms with Gasteiger partial charge in [-0.1, -0.05) is 134 Å². The number of hydrogen-bond donors (Lipinski definition) is 0. The van der Waals surface area contributed by atoms with E-state index in [0.717, 1.165) is 33.1 Å². The van der Waals surface area contributed by atoms with Gasteiger partial charge in [-0.25, -0.2) is 0 Å². The molecular formula is C37H30OSi. The van der Waals surface area contributed by atoms with Crippen molar-refractivity contribution in [2.24, 2.45) is 0 Å². The molecule has 188 valence electrons. The maximum absolute atomic E-state index is 6.26. The first-order valence-corrected chi connectivity index (χ1v) is 17.1. The minimum Gasteiger partial charge on any atom is -0.455 e. The van der Waals surface area contributed by atoms with Crippen molar-refractivity contribution in [1.29, 1.82) is 0 Å². The predicted octanol–water partition coefficient (Wildman–Crippen LogP) is 10.3. The highest BCUT2D eigenvalue weighted by Gasteiger charge is 2.16. The van der Waals surface area contributed by atoms with Crippen LogP contribution in [-0.4, -0.2) is 8.07 Å². The zero-order chi connectivity index (χ0) is 26.6. The van der Waals surface area contributed by atoms with Gasteiger partial charge in [0.2, 0.25) is 0 Å². The van der Waals surface area contributed by atoms with Crippen molar-refractivity contribution in [2.75, 3.05) is 0 Å². The molecule has 0 unspecified atom stereocenters. The third-order valence-electron chi connectivity index (χ3n) is 7.86. The van der Waals surface area contributed by atoms with E-state index in [-0.39, 0.29) is 0 Å². The third-order valence-corrected chi connectivity index (χ3v) is 9.92. The lowest BCUT2D eigenvalue weighted by atomic mass is 9.96. The van der Waals surface area contributed by atoms with Crippen molar-refractivity contribution in [3.05, 3.63) is 127 Å². The fraction of sp³-hybridized carbons (Fsp3) is 0.0811. The van der Waals surface area contributed by atoms with Crippen LogP contribution in [0.5, 0.6) is 0 Å². The molecule has 0 atom stereocenters. The van der Waals surface area contributed by atoms with Gasteiger partial charge in [0.1, 0.15) is 11.2 Å². The average molecular weight is 519 g/mol. The molecule has 7 rings (SSSR count). The zero-order valence-electron chi connectivity index (χ0n) is 22.5. The number of rotatable bonds is 4. The maximum Gasteiger partial charge on any atom is 0.143 e. The van der Waals surface area contributed by atoms with Crippen molar-refractivity contribution in [3.63, 3.8) is 0 Å². The molecule has 2 heteroatoms. The van der Waals surface area contributed by atoms with Gasteiger partial charge in [-0.3, -0.25) is 0 Å². The van der Waals surface area contributed by atoms with Crippen LogP contribution in [0, 0.1) is 0 Å².